The molecule has 98 valence electrons. The molecule has 18 heavy (non-hydrogen) atoms. The molecule has 0 aliphatic rings. The SMILES string of the molecule is CCS(=O)(=O)C(C)C(=O)c1ccc([N+](=O)[O-])cc1. The van der Waals surface area contributed by atoms with Crippen molar-refractivity contribution in [1.82, 2.24) is 0 Å². The Labute approximate surface area is 105 Å². The number of hydrogen-bond donors (Lipinski definition) is 0. The van der Waals surface area contributed by atoms with E-state index < -0.39 is 25.8 Å². The lowest BCUT2D eigenvalue weighted by Gasteiger charge is -2.09. The van der Waals surface area contributed by atoms with Gasteiger partial charge in [-0.15, -0.1) is 0 Å². The molecule has 0 aromatic heterocycles. The van der Waals surface area contributed by atoms with Crippen LogP contribution in [0.2, 0.25) is 0 Å². The van der Waals surface area contributed by atoms with Gasteiger partial charge in [-0.2, -0.15) is 0 Å². The van der Waals surface area contributed by atoms with Gasteiger partial charge in [0.15, 0.2) is 15.6 Å². The van der Waals surface area contributed by atoms with Gasteiger partial charge in [-0.1, -0.05) is 6.92 Å². The van der Waals surface area contributed by atoms with Crippen LogP contribution in [0.15, 0.2) is 24.3 Å². The second-order valence-corrected chi connectivity index (χ2v) is 6.37. The van der Waals surface area contributed by atoms with Crippen molar-refractivity contribution in [3.8, 4) is 0 Å². The number of rotatable bonds is 5. The molecule has 0 N–H and O–H groups in total. The van der Waals surface area contributed by atoms with Crippen molar-refractivity contribution in [3.63, 3.8) is 0 Å². The number of sulfone groups is 1. The van der Waals surface area contributed by atoms with Crippen molar-refractivity contribution in [1.29, 1.82) is 0 Å². The molecule has 0 aliphatic carbocycles. The molecule has 1 atom stereocenters. The third kappa shape index (κ3) is 2.92. The summed E-state index contributed by atoms with van der Waals surface area (Å²) in [6.45, 7) is 2.79. The first-order chi connectivity index (χ1) is 8.29. The highest BCUT2D eigenvalue weighted by atomic mass is 32.2. The molecule has 6 nitrogen and oxygen atoms in total. The van der Waals surface area contributed by atoms with Crippen LogP contribution in [0.25, 0.3) is 0 Å². The third-order valence-electron chi connectivity index (χ3n) is 2.67. The van der Waals surface area contributed by atoms with Crippen LogP contribution in [0.4, 0.5) is 5.69 Å². The zero-order valence-corrected chi connectivity index (χ0v) is 10.8. The van der Waals surface area contributed by atoms with E-state index >= 15 is 0 Å². The van der Waals surface area contributed by atoms with Gasteiger partial charge in [0.2, 0.25) is 0 Å². The van der Waals surface area contributed by atoms with Crippen LogP contribution in [-0.2, 0) is 9.84 Å². The van der Waals surface area contributed by atoms with Gasteiger partial charge in [0.05, 0.1) is 4.92 Å². The zero-order chi connectivity index (χ0) is 13.9. The molecule has 0 heterocycles. The van der Waals surface area contributed by atoms with Crippen molar-refractivity contribution in [2.75, 3.05) is 5.75 Å². The molecule has 0 bridgehead atoms. The summed E-state index contributed by atoms with van der Waals surface area (Å²) in [6, 6.07) is 4.89. The van der Waals surface area contributed by atoms with E-state index in [2.05, 4.69) is 0 Å². The molecule has 1 unspecified atom stereocenters. The smallest absolute Gasteiger partial charge is 0.269 e. The van der Waals surface area contributed by atoms with Crippen LogP contribution < -0.4 is 0 Å². The molecule has 0 aliphatic heterocycles. The first-order valence-electron chi connectivity index (χ1n) is 5.30. The number of benzene rings is 1. The highest BCUT2D eigenvalue weighted by molar-refractivity contribution is 7.92. The number of nitrogens with zero attached hydrogens (tertiary/aromatic N) is 1. The minimum Gasteiger partial charge on any atom is -0.293 e. The van der Waals surface area contributed by atoms with Crippen LogP contribution in [0.3, 0.4) is 0 Å². The fraction of sp³-hybridized carbons (Fsp3) is 0.364. The van der Waals surface area contributed by atoms with E-state index in [1.807, 2.05) is 0 Å². The average Bonchev–Trinajstić information content (AvgIpc) is 2.37. The minimum absolute atomic E-state index is 0.118. The van der Waals surface area contributed by atoms with Crippen molar-refractivity contribution < 1.29 is 18.1 Å². The van der Waals surface area contributed by atoms with Crippen molar-refractivity contribution >= 4 is 21.3 Å². The predicted molar refractivity (Wildman–Crippen MR) is 66.3 cm³/mol. The van der Waals surface area contributed by atoms with Crippen molar-refractivity contribution in [2.24, 2.45) is 0 Å². The quantitative estimate of drug-likeness (QED) is 0.460. The summed E-state index contributed by atoms with van der Waals surface area (Å²) in [4.78, 5) is 21.7. The van der Waals surface area contributed by atoms with E-state index in [-0.39, 0.29) is 17.0 Å². The number of non-ortho nitro benzene ring substituents is 1. The van der Waals surface area contributed by atoms with E-state index in [0.29, 0.717) is 0 Å². The van der Waals surface area contributed by atoms with Gasteiger partial charge in [0.1, 0.15) is 5.25 Å². The molecule has 0 saturated carbocycles. The summed E-state index contributed by atoms with van der Waals surface area (Å²) < 4.78 is 23.1. The number of ketones is 1. The topological polar surface area (TPSA) is 94.3 Å². The van der Waals surface area contributed by atoms with E-state index in [4.69, 9.17) is 0 Å². The number of nitro groups is 1. The molecular weight excluding hydrogens is 258 g/mol. The maximum Gasteiger partial charge on any atom is 0.269 e. The van der Waals surface area contributed by atoms with Crippen molar-refractivity contribution in [3.05, 3.63) is 39.9 Å². The Balaban J connectivity index is 3.02. The lowest BCUT2D eigenvalue weighted by atomic mass is 10.1. The Hall–Kier alpha value is -1.76. The van der Waals surface area contributed by atoms with Crippen LogP contribution in [0.1, 0.15) is 24.2 Å². The minimum atomic E-state index is -3.46. The van der Waals surface area contributed by atoms with Crippen molar-refractivity contribution in [2.45, 2.75) is 19.1 Å². The lowest BCUT2D eigenvalue weighted by molar-refractivity contribution is -0.384. The molecule has 0 amide bonds. The average molecular weight is 271 g/mol. The summed E-state index contributed by atoms with van der Waals surface area (Å²) >= 11 is 0. The van der Waals surface area contributed by atoms with E-state index in [9.17, 15) is 23.3 Å². The van der Waals surface area contributed by atoms with Crippen LogP contribution >= 0.6 is 0 Å². The number of hydrogen-bond acceptors (Lipinski definition) is 5. The summed E-state index contributed by atoms with van der Waals surface area (Å²) in [6.07, 6.45) is 0. The summed E-state index contributed by atoms with van der Waals surface area (Å²) in [7, 11) is -3.46. The van der Waals surface area contributed by atoms with Crippen LogP contribution in [0, 0.1) is 10.1 Å². The zero-order valence-electron chi connectivity index (χ0n) is 9.99. The van der Waals surface area contributed by atoms with Gasteiger partial charge in [-0.05, 0) is 19.1 Å². The maximum absolute atomic E-state index is 11.9. The summed E-state index contributed by atoms with van der Waals surface area (Å²) in [5, 5.41) is 9.31. The third-order valence-corrected chi connectivity index (χ3v) is 4.77. The Kier molecular flexibility index (Phi) is 4.18. The van der Waals surface area contributed by atoms with Gasteiger partial charge in [-0.25, -0.2) is 8.42 Å². The fourth-order valence-electron chi connectivity index (χ4n) is 1.40. The lowest BCUT2D eigenvalue weighted by Crippen LogP contribution is -2.28. The van der Waals surface area contributed by atoms with E-state index in [1.165, 1.54) is 38.1 Å². The Morgan fingerprint density at radius 2 is 1.83 bits per heavy atom. The van der Waals surface area contributed by atoms with E-state index in [0.717, 1.165) is 0 Å². The highest BCUT2D eigenvalue weighted by Gasteiger charge is 2.27. The predicted octanol–water partition coefficient (Wildman–Crippen LogP) is 1.60. The van der Waals surface area contributed by atoms with Gasteiger partial charge in [0, 0.05) is 23.4 Å². The molecule has 7 heteroatoms. The summed E-state index contributed by atoms with van der Waals surface area (Å²) in [5.74, 6) is -0.667. The molecule has 1 aromatic rings. The largest absolute Gasteiger partial charge is 0.293 e. The monoisotopic (exact) mass is 271 g/mol. The number of carbonyl (C=O) groups is 1. The molecule has 1 rings (SSSR count). The van der Waals surface area contributed by atoms with Gasteiger partial charge < -0.3 is 0 Å². The molecule has 0 spiro atoms. The first-order valence-corrected chi connectivity index (χ1v) is 7.01. The van der Waals surface area contributed by atoms with Crippen LogP contribution in [0.5, 0.6) is 0 Å². The van der Waals surface area contributed by atoms with Gasteiger partial charge >= 0.3 is 0 Å². The van der Waals surface area contributed by atoms with Crippen LogP contribution in [-0.4, -0.2) is 30.1 Å². The molecule has 0 fully saturated rings. The number of carbonyl (C=O) groups excluding carboxylic acids is 1. The number of nitro benzene ring substituents is 1. The Morgan fingerprint density at radius 1 is 1.33 bits per heavy atom. The maximum atomic E-state index is 11.9. The Bertz CT molecular complexity index is 562. The normalized spacial score (nSPS) is 13.0. The first kappa shape index (κ1) is 14.3. The van der Waals surface area contributed by atoms with Gasteiger partial charge in [0.25, 0.3) is 5.69 Å². The molecule has 0 saturated heterocycles. The highest BCUT2D eigenvalue weighted by Crippen LogP contribution is 2.15. The second kappa shape index (κ2) is 5.26. The van der Waals surface area contributed by atoms with E-state index in [1.54, 1.807) is 0 Å². The molecule has 0 radical (unpaired) electrons. The standard InChI is InChI=1S/C11H13NO5S/c1-3-18(16,17)8(2)11(13)9-4-6-10(7-5-9)12(14)15/h4-8H,3H2,1-2H3. The Morgan fingerprint density at radius 3 is 2.22 bits per heavy atom. The molecule has 1 aromatic carbocycles. The molecular formula is C11H13NO5S. The van der Waals surface area contributed by atoms with Gasteiger partial charge in [-0.3, -0.25) is 14.9 Å². The fourth-order valence-corrected chi connectivity index (χ4v) is 2.36. The second-order valence-electron chi connectivity index (χ2n) is 3.76. The summed E-state index contributed by atoms with van der Waals surface area (Å²) in [5.41, 5.74) is 0.0164. The number of Topliss-reactive ketones (excluding diaryl/α,β-unsaturated/α-hetero) is 1.